The molecule has 3 nitrogen and oxygen atoms in total. The lowest BCUT2D eigenvalue weighted by Crippen LogP contribution is -2.26. The zero-order valence-corrected chi connectivity index (χ0v) is 32.0. The number of benzene rings is 8. The summed E-state index contributed by atoms with van der Waals surface area (Å²) < 4.78 is 0. The molecule has 0 fully saturated rings. The van der Waals surface area contributed by atoms with E-state index >= 15 is 0 Å². The van der Waals surface area contributed by atoms with Crippen molar-refractivity contribution in [2.45, 2.75) is 5.41 Å². The smallest absolute Gasteiger partial charge is 0.160 e. The third kappa shape index (κ3) is 5.05. The molecule has 8 aromatic carbocycles. The Hall–Kier alpha value is -7.75. The normalized spacial score (nSPS) is 12.9. The molecule has 0 amide bonds. The molecule has 0 N–H and O–H groups in total. The molecule has 0 bridgehead atoms. The Morgan fingerprint density at radius 2 is 0.780 bits per heavy atom. The van der Waals surface area contributed by atoms with Crippen molar-refractivity contribution in [3.05, 3.63) is 235 Å². The molecule has 0 atom stereocenters. The Bertz CT molecular complexity index is 3140. The predicted molar refractivity (Wildman–Crippen MR) is 241 cm³/mol. The highest BCUT2D eigenvalue weighted by molar-refractivity contribution is 6.07. The number of rotatable bonds is 5. The van der Waals surface area contributed by atoms with E-state index in [9.17, 15) is 0 Å². The fourth-order valence-electron chi connectivity index (χ4n) is 9.76. The second-order valence-electron chi connectivity index (χ2n) is 15.5. The van der Waals surface area contributed by atoms with Crippen LogP contribution in [0.2, 0.25) is 0 Å². The molecule has 1 spiro atoms. The summed E-state index contributed by atoms with van der Waals surface area (Å²) in [4.78, 5) is 15.7. The average Bonchev–Trinajstić information content (AvgIpc) is 3.80. The molecular formula is C56H35N3. The molecule has 0 saturated heterocycles. The molecule has 0 radical (unpaired) electrons. The molecule has 274 valence electrons. The molecule has 0 aliphatic heterocycles. The van der Waals surface area contributed by atoms with E-state index < -0.39 is 5.41 Å². The van der Waals surface area contributed by atoms with E-state index in [1.54, 1.807) is 0 Å². The number of pyridine rings is 1. The van der Waals surface area contributed by atoms with Gasteiger partial charge in [0.2, 0.25) is 0 Å². The van der Waals surface area contributed by atoms with Gasteiger partial charge in [-0.2, -0.15) is 0 Å². The highest BCUT2D eigenvalue weighted by atomic mass is 14.9. The summed E-state index contributed by atoms with van der Waals surface area (Å²) in [5, 5.41) is 1.16. The van der Waals surface area contributed by atoms with Gasteiger partial charge in [-0.3, -0.25) is 0 Å². The summed E-state index contributed by atoms with van der Waals surface area (Å²) in [5.41, 5.74) is 20.0. The van der Waals surface area contributed by atoms with Gasteiger partial charge in [0, 0.05) is 33.2 Å². The quantitative estimate of drug-likeness (QED) is 0.176. The fourth-order valence-corrected chi connectivity index (χ4v) is 9.76. The van der Waals surface area contributed by atoms with Crippen LogP contribution in [-0.2, 0) is 5.41 Å². The minimum absolute atomic E-state index is 0.510. The number of aromatic nitrogens is 3. The summed E-state index contributed by atoms with van der Waals surface area (Å²) >= 11 is 0. The van der Waals surface area contributed by atoms with Gasteiger partial charge in [-0.15, -0.1) is 0 Å². The maximum atomic E-state index is 5.52. The summed E-state index contributed by atoms with van der Waals surface area (Å²) in [6.45, 7) is 0. The van der Waals surface area contributed by atoms with Gasteiger partial charge < -0.3 is 0 Å². The zero-order valence-electron chi connectivity index (χ0n) is 32.0. The van der Waals surface area contributed by atoms with E-state index in [2.05, 4.69) is 200 Å². The highest BCUT2D eigenvalue weighted by Gasteiger charge is 2.53. The van der Waals surface area contributed by atoms with Crippen LogP contribution >= 0.6 is 0 Å². The first-order valence-electron chi connectivity index (χ1n) is 20.2. The molecule has 2 aliphatic rings. The summed E-state index contributed by atoms with van der Waals surface area (Å²) in [6, 6.07) is 76.0. The van der Waals surface area contributed by atoms with Crippen molar-refractivity contribution in [1.29, 1.82) is 0 Å². The van der Waals surface area contributed by atoms with E-state index in [1.165, 1.54) is 44.5 Å². The monoisotopic (exact) mass is 749 g/mol. The van der Waals surface area contributed by atoms with Crippen LogP contribution in [0.5, 0.6) is 0 Å². The average molecular weight is 750 g/mol. The Morgan fingerprint density at radius 3 is 1.36 bits per heavy atom. The number of fused-ring (bicyclic) bond motifs is 12. The van der Waals surface area contributed by atoms with Gasteiger partial charge in [0.15, 0.2) is 5.82 Å². The Labute approximate surface area is 343 Å². The third-order valence-electron chi connectivity index (χ3n) is 12.3. The van der Waals surface area contributed by atoms with Crippen molar-refractivity contribution in [2.75, 3.05) is 0 Å². The fraction of sp³-hybridized carbons (Fsp3) is 0.0179. The van der Waals surface area contributed by atoms with Crippen LogP contribution in [0.1, 0.15) is 22.3 Å². The molecule has 0 saturated carbocycles. The van der Waals surface area contributed by atoms with Crippen LogP contribution in [0, 0.1) is 0 Å². The van der Waals surface area contributed by atoms with E-state index in [0.717, 1.165) is 61.4 Å². The van der Waals surface area contributed by atoms with Gasteiger partial charge >= 0.3 is 0 Å². The lowest BCUT2D eigenvalue weighted by molar-refractivity contribution is 0.801. The summed E-state index contributed by atoms with van der Waals surface area (Å²) in [6.07, 6.45) is 0. The van der Waals surface area contributed by atoms with E-state index in [4.69, 9.17) is 15.0 Å². The zero-order chi connectivity index (χ0) is 38.9. The van der Waals surface area contributed by atoms with Crippen molar-refractivity contribution in [3.63, 3.8) is 0 Å². The van der Waals surface area contributed by atoms with Crippen molar-refractivity contribution in [2.24, 2.45) is 0 Å². The minimum atomic E-state index is -0.510. The maximum absolute atomic E-state index is 5.52. The van der Waals surface area contributed by atoms with Crippen LogP contribution in [0.25, 0.3) is 89.4 Å². The lowest BCUT2D eigenvalue weighted by atomic mass is 9.69. The molecule has 12 rings (SSSR count). The summed E-state index contributed by atoms with van der Waals surface area (Å²) in [5.74, 6) is 0.698. The Morgan fingerprint density at radius 1 is 0.322 bits per heavy atom. The van der Waals surface area contributed by atoms with Gasteiger partial charge in [0.05, 0.1) is 28.0 Å². The van der Waals surface area contributed by atoms with Crippen molar-refractivity contribution in [1.82, 2.24) is 15.0 Å². The Balaban J connectivity index is 1.07. The van der Waals surface area contributed by atoms with Gasteiger partial charge in [0.1, 0.15) is 0 Å². The van der Waals surface area contributed by atoms with E-state index in [0.29, 0.717) is 5.82 Å². The molecular weight excluding hydrogens is 715 g/mol. The second-order valence-corrected chi connectivity index (χ2v) is 15.5. The van der Waals surface area contributed by atoms with Crippen LogP contribution in [0.4, 0.5) is 0 Å². The van der Waals surface area contributed by atoms with Gasteiger partial charge in [-0.25, -0.2) is 15.0 Å². The number of hydrogen-bond donors (Lipinski definition) is 0. The topological polar surface area (TPSA) is 38.7 Å². The highest BCUT2D eigenvalue weighted by Crippen LogP contribution is 2.65. The van der Waals surface area contributed by atoms with Crippen LogP contribution < -0.4 is 0 Å². The minimum Gasteiger partial charge on any atom is -0.247 e. The standard InChI is InChI=1S/C56H35N3/c1-4-16-37(17-5-1)50-35-51(38-18-6-2-7-19-38)59-55(58-50)40-30-28-36(29-31-40)41-32-33-49-45(34-41)53-52(54(57-49)39-20-8-3-9-21-39)44-24-12-15-27-48(44)56(53)46-25-13-10-22-42(46)43-23-11-14-26-47(43)56/h1-35H. The first-order chi connectivity index (χ1) is 29.3. The third-order valence-corrected chi connectivity index (χ3v) is 12.3. The lowest BCUT2D eigenvalue weighted by Gasteiger charge is -2.31. The van der Waals surface area contributed by atoms with Gasteiger partial charge in [0.25, 0.3) is 0 Å². The van der Waals surface area contributed by atoms with Crippen LogP contribution in [0.3, 0.4) is 0 Å². The first kappa shape index (κ1) is 33.4. The molecule has 59 heavy (non-hydrogen) atoms. The van der Waals surface area contributed by atoms with Crippen molar-refractivity contribution in [3.8, 4) is 78.5 Å². The van der Waals surface area contributed by atoms with Gasteiger partial charge in [-0.1, -0.05) is 194 Å². The summed E-state index contributed by atoms with van der Waals surface area (Å²) in [7, 11) is 0. The largest absolute Gasteiger partial charge is 0.247 e. The van der Waals surface area contributed by atoms with Crippen molar-refractivity contribution < 1.29 is 0 Å². The van der Waals surface area contributed by atoms with Gasteiger partial charge in [-0.05, 0) is 68.3 Å². The van der Waals surface area contributed by atoms with Crippen LogP contribution in [-0.4, -0.2) is 15.0 Å². The molecule has 10 aromatic rings. The molecule has 2 aromatic heterocycles. The first-order valence-corrected chi connectivity index (χ1v) is 20.2. The Kier molecular flexibility index (Phi) is 7.45. The number of nitrogens with zero attached hydrogens (tertiary/aromatic N) is 3. The molecule has 2 aliphatic carbocycles. The molecule has 3 heteroatoms. The van der Waals surface area contributed by atoms with Crippen LogP contribution in [0.15, 0.2) is 212 Å². The maximum Gasteiger partial charge on any atom is 0.160 e. The van der Waals surface area contributed by atoms with Crippen molar-refractivity contribution >= 4 is 10.9 Å². The van der Waals surface area contributed by atoms with E-state index in [1.807, 2.05) is 12.1 Å². The molecule has 0 unspecified atom stereocenters. The predicted octanol–water partition coefficient (Wildman–Crippen LogP) is 13.7. The molecule has 2 heterocycles. The van der Waals surface area contributed by atoms with E-state index in [-0.39, 0.29) is 0 Å². The SMILES string of the molecule is c1ccc(-c2cc(-c3ccccc3)nc(-c3ccc(-c4ccc5nc(-c6ccccc6)c6c(c5c4)C4(c5ccccc5-c5ccccc54)c4ccccc4-6)cc3)n2)cc1. The number of hydrogen-bond acceptors (Lipinski definition) is 3. The second kappa shape index (κ2) is 13.2.